The molecule has 2 aliphatic heterocycles. The lowest BCUT2D eigenvalue weighted by Crippen LogP contribution is -2.23. The first-order valence-electron chi connectivity index (χ1n) is 10.5. The van der Waals surface area contributed by atoms with Gasteiger partial charge in [0.2, 0.25) is 0 Å². The van der Waals surface area contributed by atoms with Crippen LogP contribution in [-0.2, 0) is 20.9 Å². The monoisotopic (exact) mass is 537 g/mol. The Balaban J connectivity index is 1.60. The molecule has 0 bridgehead atoms. The van der Waals surface area contributed by atoms with Crippen molar-refractivity contribution in [2.24, 2.45) is 0 Å². The van der Waals surface area contributed by atoms with Crippen LogP contribution in [-0.4, -0.2) is 63.8 Å². The quantitative estimate of drug-likeness (QED) is 0.400. The lowest BCUT2D eigenvalue weighted by Gasteiger charge is -2.19. The van der Waals surface area contributed by atoms with Crippen LogP contribution in [0.2, 0.25) is 0 Å². The van der Waals surface area contributed by atoms with Crippen LogP contribution in [0.3, 0.4) is 0 Å². The molecule has 2 atom stereocenters. The highest BCUT2D eigenvalue weighted by atomic mass is 32.2. The molecule has 0 saturated carbocycles. The normalized spacial score (nSPS) is 21.3. The molecular weight excluding hydrogens is 515 g/mol. The number of likely N-dealkylation sites (tertiary alicyclic amines) is 1. The number of nitrogens with zero attached hydrogens (tertiary/aromatic N) is 2. The maximum absolute atomic E-state index is 13.5. The molecule has 15 heteroatoms. The number of benzene rings is 1. The molecule has 0 spiro atoms. The van der Waals surface area contributed by atoms with Gasteiger partial charge in [-0.05, 0) is 25.6 Å². The van der Waals surface area contributed by atoms with Gasteiger partial charge >= 0.3 is 11.9 Å². The molecule has 35 heavy (non-hydrogen) atoms. The Labute approximate surface area is 202 Å². The van der Waals surface area contributed by atoms with Crippen molar-refractivity contribution < 1.29 is 40.7 Å². The second-order valence-electron chi connectivity index (χ2n) is 8.20. The molecule has 0 aliphatic carbocycles. The van der Waals surface area contributed by atoms with Crippen molar-refractivity contribution in [1.29, 1.82) is 0 Å². The molecule has 2 fully saturated rings. The van der Waals surface area contributed by atoms with Crippen molar-refractivity contribution >= 4 is 32.7 Å². The van der Waals surface area contributed by atoms with Crippen LogP contribution < -0.4 is 14.2 Å². The zero-order chi connectivity index (χ0) is 25.4. The van der Waals surface area contributed by atoms with E-state index in [0.29, 0.717) is 43.9 Å². The van der Waals surface area contributed by atoms with Crippen LogP contribution in [0.25, 0.3) is 0 Å². The van der Waals surface area contributed by atoms with Crippen LogP contribution in [0, 0.1) is 10.1 Å². The van der Waals surface area contributed by atoms with Gasteiger partial charge in [0.05, 0.1) is 35.5 Å². The highest BCUT2D eigenvalue weighted by Gasteiger charge is 2.36. The van der Waals surface area contributed by atoms with E-state index in [1.54, 1.807) is 0 Å². The first-order chi connectivity index (χ1) is 16.4. The number of sulfonamides is 1. The Morgan fingerprint density at radius 2 is 2.00 bits per heavy atom. The number of nitrogens with one attached hydrogen (secondary N) is 1. The minimum atomic E-state index is -4.71. The lowest BCUT2D eigenvalue weighted by atomic mass is 10.1. The summed E-state index contributed by atoms with van der Waals surface area (Å²) in [7, 11) is -2.56. The van der Waals surface area contributed by atoms with Gasteiger partial charge < -0.3 is 19.1 Å². The van der Waals surface area contributed by atoms with Crippen molar-refractivity contribution in [3.63, 3.8) is 0 Å². The lowest BCUT2D eigenvalue weighted by molar-refractivity contribution is -0.385. The van der Waals surface area contributed by atoms with Gasteiger partial charge in [0.25, 0.3) is 15.1 Å². The van der Waals surface area contributed by atoms with Gasteiger partial charge in [-0.1, -0.05) is 11.3 Å². The van der Waals surface area contributed by atoms with Crippen molar-refractivity contribution in [1.82, 2.24) is 4.90 Å². The van der Waals surface area contributed by atoms with Crippen LogP contribution in [0.5, 0.6) is 10.8 Å². The van der Waals surface area contributed by atoms with E-state index < -0.39 is 54.5 Å². The van der Waals surface area contributed by atoms with Crippen molar-refractivity contribution in [2.45, 2.75) is 35.4 Å². The number of rotatable bonds is 8. The number of alkyl halides is 3. The van der Waals surface area contributed by atoms with Crippen LogP contribution >= 0.6 is 11.3 Å². The fourth-order valence-corrected chi connectivity index (χ4v) is 6.11. The summed E-state index contributed by atoms with van der Waals surface area (Å²) in [6.07, 6.45) is -4.60. The van der Waals surface area contributed by atoms with Gasteiger partial charge in [-0.2, -0.15) is 13.2 Å². The second kappa shape index (κ2) is 9.79. The second-order valence-corrected chi connectivity index (χ2v) is 11.1. The predicted molar refractivity (Wildman–Crippen MR) is 120 cm³/mol. The summed E-state index contributed by atoms with van der Waals surface area (Å²) in [5.41, 5.74) is -1.73. The molecule has 10 nitrogen and oxygen atoms in total. The first-order valence-corrected chi connectivity index (χ1v) is 12.8. The minimum Gasteiger partial charge on any atom is -0.488 e. The number of likely N-dealkylation sites (N-methyl/N-ethyl adjacent to an activating group) is 1. The summed E-state index contributed by atoms with van der Waals surface area (Å²) in [5.74, 6) is -0.500. The molecule has 3 heterocycles. The Kier molecular flexibility index (Phi) is 7.13. The average molecular weight is 538 g/mol. The number of halogens is 3. The highest BCUT2D eigenvalue weighted by Crippen LogP contribution is 2.42. The fourth-order valence-electron chi connectivity index (χ4n) is 3.74. The summed E-state index contributed by atoms with van der Waals surface area (Å²) in [4.78, 5) is 12.6. The SMILES string of the molecule is CN1CC[C@@H](Oc2cc(NS(=O)(=O)c3cc([N+](=O)[O-])c(OC4CCOC4)s3)ccc2C(F)(F)F)C1. The molecule has 1 N–H and O–H groups in total. The van der Waals surface area contributed by atoms with Crippen molar-refractivity contribution in [3.05, 3.63) is 39.9 Å². The summed E-state index contributed by atoms with van der Waals surface area (Å²) in [6, 6.07) is 3.52. The maximum Gasteiger partial charge on any atom is 0.419 e. The van der Waals surface area contributed by atoms with Crippen molar-refractivity contribution in [3.8, 4) is 10.8 Å². The predicted octanol–water partition coefficient (Wildman–Crippen LogP) is 3.73. The number of thiophene rings is 1. The van der Waals surface area contributed by atoms with Gasteiger partial charge in [0, 0.05) is 25.6 Å². The van der Waals surface area contributed by atoms with Crippen LogP contribution in [0.15, 0.2) is 28.5 Å². The number of nitro groups is 1. The number of hydrogen-bond donors (Lipinski definition) is 1. The highest BCUT2D eigenvalue weighted by molar-refractivity contribution is 7.94. The average Bonchev–Trinajstić information content (AvgIpc) is 3.49. The molecule has 2 aromatic rings. The zero-order valence-corrected chi connectivity index (χ0v) is 20.0. The minimum absolute atomic E-state index is 0.179. The maximum atomic E-state index is 13.5. The molecule has 0 radical (unpaired) electrons. The molecular formula is C20H22F3N3O7S2. The van der Waals surface area contributed by atoms with E-state index in [2.05, 4.69) is 4.72 Å². The van der Waals surface area contributed by atoms with E-state index in [-0.39, 0.29) is 17.4 Å². The number of anilines is 1. The molecule has 0 amide bonds. The molecule has 1 aromatic heterocycles. The van der Waals surface area contributed by atoms with E-state index in [1.807, 2.05) is 11.9 Å². The summed E-state index contributed by atoms with van der Waals surface area (Å²) >= 11 is 0.552. The number of ether oxygens (including phenoxy) is 3. The van der Waals surface area contributed by atoms with Gasteiger partial charge in [-0.3, -0.25) is 14.8 Å². The molecule has 4 rings (SSSR count). The molecule has 1 unspecified atom stereocenters. The van der Waals surface area contributed by atoms with E-state index in [1.165, 1.54) is 0 Å². The zero-order valence-electron chi connectivity index (χ0n) is 18.4. The molecule has 1 aromatic carbocycles. The largest absolute Gasteiger partial charge is 0.488 e. The molecule has 2 saturated heterocycles. The fraction of sp³-hybridized carbons (Fsp3) is 0.500. The van der Waals surface area contributed by atoms with Gasteiger partial charge in [0.15, 0.2) is 4.21 Å². The Morgan fingerprint density at radius 3 is 2.60 bits per heavy atom. The Bertz CT molecular complexity index is 1200. The van der Waals surface area contributed by atoms with Crippen LogP contribution in [0.1, 0.15) is 18.4 Å². The Hall–Kier alpha value is -2.62. The Morgan fingerprint density at radius 1 is 1.23 bits per heavy atom. The van der Waals surface area contributed by atoms with Crippen LogP contribution in [0.4, 0.5) is 24.5 Å². The molecule has 2 aliphatic rings. The number of hydrogen-bond acceptors (Lipinski definition) is 9. The van der Waals surface area contributed by atoms with E-state index >= 15 is 0 Å². The summed E-state index contributed by atoms with van der Waals surface area (Å²) in [6.45, 7) is 1.74. The summed E-state index contributed by atoms with van der Waals surface area (Å²) < 4.78 is 84.5. The van der Waals surface area contributed by atoms with E-state index in [0.717, 1.165) is 24.3 Å². The first kappa shape index (κ1) is 25.5. The molecule has 192 valence electrons. The smallest absolute Gasteiger partial charge is 0.419 e. The third-order valence-corrected chi connectivity index (χ3v) is 8.33. The van der Waals surface area contributed by atoms with E-state index in [9.17, 15) is 31.7 Å². The van der Waals surface area contributed by atoms with Gasteiger partial charge in [0.1, 0.15) is 18.0 Å². The third-order valence-electron chi connectivity index (χ3n) is 5.46. The van der Waals surface area contributed by atoms with Crippen molar-refractivity contribution in [2.75, 3.05) is 38.1 Å². The standard InChI is InChI=1S/C20H22F3N3O7S2/c1-25-6-4-13(10-25)32-17-8-12(2-3-15(17)20(21,22)23)24-35(29,30)18-9-16(26(27)28)19(34-18)33-14-5-7-31-11-14/h2-3,8-9,13-14,24H,4-7,10-11H2,1H3/t13-,14?/m1/s1. The topological polar surface area (TPSA) is 120 Å². The third kappa shape index (κ3) is 5.97. The van der Waals surface area contributed by atoms with Gasteiger partial charge in [-0.15, -0.1) is 0 Å². The van der Waals surface area contributed by atoms with E-state index in [4.69, 9.17) is 14.2 Å². The van der Waals surface area contributed by atoms with Gasteiger partial charge in [-0.25, -0.2) is 8.42 Å². The summed E-state index contributed by atoms with van der Waals surface area (Å²) in [5, 5.41) is 11.2.